The molecular formula is C15H13N3O5S. The highest BCUT2D eigenvalue weighted by molar-refractivity contribution is 7.98. The number of amides is 1. The molecule has 1 N–H and O–H groups in total. The Kier molecular flexibility index (Phi) is 5.14. The van der Waals surface area contributed by atoms with Crippen molar-refractivity contribution in [1.82, 2.24) is 0 Å². The van der Waals surface area contributed by atoms with E-state index in [-0.39, 0.29) is 11.1 Å². The van der Waals surface area contributed by atoms with Crippen LogP contribution in [0.1, 0.15) is 15.9 Å². The van der Waals surface area contributed by atoms with Gasteiger partial charge in [-0.1, -0.05) is 0 Å². The molecule has 24 heavy (non-hydrogen) atoms. The summed E-state index contributed by atoms with van der Waals surface area (Å²) < 4.78 is 0. The van der Waals surface area contributed by atoms with Gasteiger partial charge in [0.25, 0.3) is 17.3 Å². The number of rotatable bonds is 5. The summed E-state index contributed by atoms with van der Waals surface area (Å²) in [6.07, 6.45) is 1.92. The predicted molar refractivity (Wildman–Crippen MR) is 90.7 cm³/mol. The molecule has 0 aliphatic carbocycles. The number of hydrogen-bond donors (Lipinski definition) is 1. The van der Waals surface area contributed by atoms with Crippen molar-refractivity contribution in [2.45, 2.75) is 11.8 Å². The Hall–Kier alpha value is -2.94. The van der Waals surface area contributed by atoms with Crippen molar-refractivity contribution in [2.24, 2.45) is 0 Å². The van der Waals surface area contributed by atoms with Gasteiger partial charge in [-0.25, -0.2) is 0 Å². The summed E-state index contributed by atoms with van der Waals surface area (Å²) in [4.78, 5) is 33.9. The monoisotopic (exact) mass is 347 g/mol. The number of non-ortho nitro benzene ring substituents is 1. The van der Waals surface area contributed by atoms with Crippen molar-refractivity contribution in [3.63, 3.8) is 0 Å². The first-order valence-corrected chi connectivity index (χ1v) is 7.94. The van der Waals surface area contributed by atoms with Crippen molar-refractivity contribution >= 4 is 34.7 Å². The molecule has 8 nitrogen and oxygen atoms in total. The Morgan fingerprint density at radius 3 is 2.21 bits per heavy atom. The maximum absolute atomic E-state index is 12.4. The Morgan fingerprint density at radius 2 is 1.71 bits per heavy atom. The Labute approximate surface area is 141 Å². The summed E-state index contributed by atoms with van der Waals surface area (Å²) in [7, 11) is 0. The summed E-state index contributed by atoms with van der Waals surface area (Å²) >= 11 is 1.54. The number of nitro benzene ring substituents is 2. The molecule has 0 aliphatic rings. The zero-order valence-electron chi connectivity index (χ0n) is 12.8. The van der Waals surface area contributed by atoms with Gasteiger partial charge in [0.05, 0.1) is 21.5 Å². The highest BCUT2D eigenvalue weighted by atomic mass is 32.2. The molecule has 0 bridgehead atoms. The molecule has 1 amide bonds. The second-order valence-corrected chi connectivity index (χ2v) is 5.71. The third kappa shape index (κ3) is 3.69. The van der Waals surface area contributed by atoms with Gasteiger partial charge in [-0.3, -0.25) is 25.0 Å². The lowest BCUT2D eigenvalue weighted by Crippen LogP contribution is -2.14. The van der Waals surface area contributed by atoms with Crippen LogP contribution in [0, 0.1) is 27.2 Å². The van der Waals surface area contributed by atoms with E-state index >= 15 is 0 Å². The van der Waals surface area contributed by atoms with Gasteiger partial charge in [0.15, 0.2) is 0 Å². The van der Waals surface area contributed by atoms with Crippen molar-refractivity contribution in [2.75, 3.05) is 11.6 Å². The van der Waals surface area contributed by atoms with E-state index in [1.807, 2.05) is 18.4 Å². The van der Waals surface area contributed by atoms with Gasteiger partial charge < -0.3 is 5.32 Å². The van der Waals surface area contributed by atoms with Crippen molar-refractivity contribution < 1.29 is 14.6 Å². The van der Waals surface area contributed by atoms with E-state index < -0.39 is 27.1 Å². The van der Waals surface area contributed by atoms with E-state index in [0.29, 0.717) is 5.69 Å². The molecule has 2 aromatic carbocycles. The molecule has 0 aliphatic heterocycles. The molecule has 9 heteroatoms. The van der Waals surface area contributed by atoms with Crippen LogP contribution in [-0.4, -0.2) is 22.0 Å². The second-order valence-electron chi connectivity index (χ2n) is 4.83. The van der Waals surface area contributed by atoms with E-state index in [4.69, 9.17) is 0 Å². The van der Waals surface area contributed by atoms with Gasteiger partial charge >= 0.3 is 0 Å². The number of hydrogen-bond acceptors (Lipinski definition) is 6. The lowest BCUT2D eigenvalue weighted by Gasteiger charge is -2.08. The molecule has 0 saturated carbocycles. The predicted octanol–water partition coefficient (Wildman–Crippen LogP) is 3.79. The van der Waals surface area contributed by atoms with Crippen LogP contribution in [-0.2, 0) is 0 Å². The first-order valence-electron chi connectivity index (χ1n) is 6.72. The van der Waals surface area contributed by atoms with Crippen LogP contribution in [0.15, 0.2) is 41.3 Å². The molecular weight excluding hydrogens is 334 g/mol. The van der Waals surface area contributed by atoms with Crippen molar-refractivity contribution in [3.05, 3.63) is 67.8 Å². The van der Waals surface area contributed by atoms with E-state index in [2.05, 4.69) is 5.32 Å². The Bertz CT molecular complexity index is 821. The zero-order chi connectivity index (χ0) is 17.9. The smallest absolute Gasteiger partial charge is 0.279 e. The highest BCUT2D eigenvalue weighted by Crippen LogP contribution is 2.28. The molecule has 124 valence electrons. The molecule has 0 atom stereocenters. The third-order valence-electron chi connectivity index (χ3n) is 3.37. The van der Waals surface area contributed by atoms with Crippen LogP contribution >= 0.6 is 11.8 Å². The minimum absolute atomic E-state index is 0.0730. The van der Waals surface area contributed by atoms with E-state index in [9.17, 15) is 25.0 Å². The van der Waals surface area contributed by atoms with E-state index in [1.165, 1.54) is 6.92 Å². The summed E-state index contributed by atoms with van der Waals surface area (Å²) in [5.74, 6) is -0.642. The maximum atomic E-state index is 12.4. The molecule has 2 rings (SSSR count). The summed E-state index contributed by atoms with van der Waals surface area (Å²) in [5.41, 5.74) is -0.512. The number of carbonyl (C=O) groups is 1. The fourth-order valence-electron chi connectivity index (χ4n) is 2.09. The van der Waals surface area contributed by atoms with Crippen LogP contribution in [0.5, 0.6) is 0 Å². The SMILES string of the molecule is CSc1ccc(NC(=O)c2cc([N+](=O)[O-])cc([N+](=O)[O-])c2C)cc1. The fraction of sp³-hybridized carbons (Fsp3) is 0.133. The molecule has 0 spiro atoms. The molecule has 0 fully saturated rings. The van der Waals surface area contributed by atoms with Crippen molar-refractivity contribution in [1.29, 1.82) is 0 Å². The first-order chi connectivity index (χ1) is 11.3. The molecule has 0 heterocycles. The van der Waals surface area contributed by atoms with Gasteiger partial charge in [0.1, 0.15) is 0 Å². The van der Waals surface area contributed by atoms with Crippen LogP contribution in [0.4, 0.5) is 17.1 Å². The number of nitrogens with zero attached hydrogens (tertiary/aromatic N) is 2. The van der Waals surface area contributed by atoms with Crippen molar-refractivity contribution in [3.8, 4) is 0 Å². The van der Waals surface area contributed by atoms with E-state index in [0.717, 1.165) is 17.0 Å². The summed E-state index contributed by atoms with van der Waals surface area (Å²) in [6.45, 7) is 1.38. The number of anilines is 1. The van der Waals surface area contributed by atoms with Gasteiger partial charge in [-0.05, 0) is 37.4 Å². The molecule has 0 unspecified atom stereocenters. The largest absolute Gasteiger partial charge is 0.322 e. The first kappa shape index (κ1) is 17.4. The van der Waals surface area contributed by atoms with Gasteiger partial charge in [-0.15, -0.1) is 11.8 Å². The van der Waals surface area contributed by atoms with Crippen LogP contribution in [0.3, 0.4) is 0 Å². The Balaban J connectivity index is 2.40. The van der Waals surface area contributed by atoms with Gasteiger partial charge in [0, 0.05) is 22.2 Å². The average molecular weight is 347 g/mol. The van der Waals surface area contributed by atoms with E-state index in [1.54, 1.807) is 23.9 Å². The molecule has 2 aromatic rings. The molecule has 0 aromatic heterocycles. The number of nitro groups is 2. The maximum Gasteiger partial charge on any atom is 0.279 e. The van der Waals surface area contributed by atoms with Gasteiger partial charge in [0.2, 0.25) is 0 Å². The summed E-state index contributed by atoms with van der Waals surface area (Å²) in [5, 5.41) is 24.6. The lowest BCUT2D eigenvalue weighted by atomic mass is 10.0. The molecule has 0 radical (unpaired) electrons. The van der Waals surface area contributed by atoms with Gasteiger partial charge in [-0.2, -0.15) is 0 Å². The minimum Gasteiger partial charge on any atom is -0.322 e. The topological polar surface area (TPSA) is 115 Å². The quantitative estimate of drug-likeness (QED) is 0.500. The number of thioether (sulfide) groups is 1. The zero-order valence-corrected chi connectivity index (χ0v) is 13.6. The van der Waals surface area contributed by atoms with Crippen LogP contribution in [0.25, 0.3) is 0 Å². The standard InChI is InChI=1S/C15H13N3O5S/c1-9-13(7-11(17(20)21)8-14(9)18(22)23)15(19)16-10-3-5-12(24-2)6-4-10/h3-8H,1-2H3,(H,16,19). The number of benzene rings is 2. The lowest BCUT2D eigenvalue weighted by molar-refractivity contribution is -0.394. The molecule has 0 saturated heterocycles. The Morgan fingerprint density at radius 1 is 1.08 bits per heavy atom. The third-order valence-corrected chi connectivity index (χ3v) is 4.11. The average Bonchev–Trinajstić information content (AvgIpc) is 2.55. The summed E-state index contributed by atoms with van der Waals surface area (Å²) in [6, 6.07) is 8.87. The normalized spacial score (nSPS) is 10.2. The van der Waals surface area contributed by atoms with Crippen LogP contribution < -0.4 is 5.32 Å². The number of carbonyl (C=O) groups excluding carboxylic acids is 1. The minimum atomic E-state index is -0.767. The van der Waals surface area contributed by atoms with Crippen LogP contribution in [0.2, 0.25) is 0 Å². The second kappa shape index (κ2) is 7.09. The fourth-order valence-corrected chi connectivity index (χ4v) is 2.50. The highest BCUT2D eigenvalue weighted by Gasteiger charge is 2.24. The number of nitrogens with one attached hydrogen (secondary N) is 1.